The summed E-state index contributed by atoms with van der Waals surface area (Å²) in [5.41, 5.74) is 2.08. The average molecular weight is 248 g/mol. The molecule has 0 aliphatic carbocycles. The van der Waals surface area contributed by atoms with E-state index in [0.717, 1.165) is 23.6 Å². The van der Waals surface area contributed by atoms with Crippen LogP contribution in [-0.4, -0.2) is 34.4 Å². The predicted octanol–water partition coefficient (Wildman–Crippen LogP) is 2.30. The van der Waals surface area contributed by atoms with Crippen molar-refractivity contribution < 1.29 is 4.74 Å². The fourth-order valence-corrected chi connectivity index (χ4v) is 1.68. The van der Waals surface area contributed by atoms with E-state index in [-0.39, 0.29) is 6.10 Å². The lowest BCUT2D eigenvalue weighted by atomic mass is 10.1. The summed E-state index contributed by atoms with van der Waals surface area (Å²) in [6.45, 7) is 7.01. The molecule has 0 bridgehead atoms. The molecule has 0 aliphatic heterocycles. The van der Waals surface area contributed by atoms with Crippen LogP contribution in [-0.2, 0) is 4.74 Å². The molecule has 1 N–H and O–H groups in total. The third-order valence-corrected chi connectivity index (χ3v) is 2.96. The first-order valence-corrected chi connectivity index (χ1v) is 6.22. The van der Waals surface area contributed by atoms with Crippen LogP contribution in [0.5, 0.6) is 0 Å². The van der Waals surface area contributed by atoms with Gasteiger partial charge >= 0.3 is 0 Å². The van der Waals surface area contributed by atoms with E-state index in [1.54, 1.807) is 13.3 Å². The number of anilines is 1. The minimum absolute atomic E-state index is 0.152. The molecule has 0 saturated heterocycles. The highest BCUT2D eigenvalue weighted by molar-refractivity contribution is 5.67. The molecule has 2 aromatic heterocycles. The van der Waals surface area contributed by atoms with Gasteiger partial charge in [0.2, 0.25) is 0 Å². The van der Waals surface area contributed by atoms with Crippen LogP contribution in [0.4, 0.5) is 5.82 Å². The van der Waals surface area contributed by atoms with Crippen LogP contribution < -0.4 is 5.32 Å². The maximum Gasteiger partial charge on any atom is 0.152 e. The van der Waals surface area contributed by atoms with Crippen molar-refractivity contribution in [2.24, 2.45) is 0 Å². The SMILES string of the molecule is COC(C)CNc1nccn2nc(C(C)C)cc12. The first-order valence-electron chi connectivity index (χ1n) is 6.22. The Balaban J connectivity index is 2.27. The number of methoxy groups -OCH3 is 1. The third-order valence-electron chi connectivity index (χ3n) is 2.96. The van der Waals surface area contributed by atoms with Gasteiger partial charge in [0, 0.05) is 26.0 Å². The van der Waals surface area contributed by atoms with E-state index < -0.39 is 0 Å². The van der Waals surface area contributed by atoms with Gasteiger partial charge in [-0.25, -0.2) is 9.50 Å². The molecule has 0 radical (unpaired) electrons. The van der Waals surface area contributed by atoms with Gasteiger partial charge in [-0.15, -0.1) is 0 Å². The molecule has 0 amide bonds. The highest BCUT2D eigenvalue weighted by atomic mass is 16.5. The van der Waals surface area contributed by atoms with Crippen molar-refractivity contribution in [1.29, 1.82) is 0 Å². The van der Waals surface area contributed by atoms with E-state index in [2.05, 4.69) is 35.3 Å². The second-order valence-corrected chi connectivity index (χ2v) is 4.76. The molecule has 0 saturated carbocycles. The van der Waals surface area contributed by atoms with E-state index in [1.807, 2.05) is 17.6 Å². The molecular formula is C13H20N4O. The monoisotopic (exact) mass is 248 g/mol. The maximum atomic E-state index is 5.21. The highest BCUT2D eigenvalue weighted by Crippen LogP contribution is 2.19. The van der Waals surface area contributed by atoms with Gasteiger partial charge < -0.3 is 10.1 Å². The van der Waals surface area contributed by atoms with Crippen LogP contribution in [0.2, 0.25) is 0 Å². The van der Waals surface area contributed by atoms with Gasteiger partial charge in [-0.3, -0.25) is 0 Å². The molecule has 1 atom stereocenters. The molecule has 0 fully saturated rings. The van der Waals surface area contributed by atoms with Crippen molar-refractivity contribution in [2.75, 3.05) is 19.0 Å². The number of aromatic nitrogens is 3. The molecular weight excluding hydrogens is 228 g/mol. The summed E-state index contributed by atoms with van der Waals surface area (Å²) in [5, 5.41) is 7.82. The van der Waals surface area contributed by atoms with Gasteiger partial charge in [-0.2, -0.15) is 5.10 Å². The van der Waals surface area contributed by atoms with Crippen molar-refractivity contribution in [3.05, 3.63) is 24.2 Å². The van der Waals surface area contributed by atoms with Crippen molar-refractivity contribution in [2.45, 2.75) is 32.8 Å². The third kappa shape index (κ3) is 2.61. The summed E-state index contributed by atoms with van der Waals surface area (Å²) in [7, 11) is 1.70. The fraction of sp³-hybridized carbons (Fsp3) is 0.538. The molecule has 0 aliphatic rings. The van der Waals surface area contributed by atoms with Crippen LogP contribution in [0, 0.1) is 0 Å². The van der Waals surface area contributed by atoms with Crippen LogP contribution in [0.3, 0.4) is 0 Å². The Bertz CT molecular complexity index is 521. The molecule has 5 nitrogen and oxygen atoms in total. The van der Waals surface area contributed by atoms with Crippen molar-refractivity contribution >= 4 is 11.3 Å². The lowest BCUT2D eigenvalue weighted by Gasteiger charge is -2.11. The number of hydrogen-bond donors (Lipinski definition) is 1. The quantitative estimate of drug-likeness (QED) is 0.882. The standard InChI is InChI=1S/C13H20N4O/c1-9(2)11-7-12-13(15-8-10(3)18-4)14-5-6-17(12)16-11/h5-7,9-10H,8H2,1-4H3,(H,14,15). The van der Waals surface area contributed by atoms with Gasteiger partial charge in [0.15, 0.2) is 5.82 Å². The molecule has 98 valence electrons. The van der Waals surface area contributed by atoms with Crippen molar-refractivity contribution in [1.82, 2.24) is 14.6 Å². The van der Waals surface area contributed by atoms with Gasteiger partial charge in [0.1, 0.15) is 5.52 Å². The van der Waals surface area contributed by atoms with E-state index in [9.17, 15) is 0 Å². The zero-order valence-electron chi connectivity index (χ0n) is 11.3. The van der Waals surface area contributed by atoms with E-state index in [0.29, 0.717) is 5.92 Å². The number of rotatable bonds is 5. The normalized spacial score (nSPS) is 13.2. The number of ether oxygens (including phenoxy) is 1. The second-order valence-electron chi connectivity index (χ2n) is 4.76. The van der Waals surface area contributed by atoms with Gasteiger partial charge in [0.05, 0.1) is 11.8 Å². The molecule has 0 spiro atoms. The van der Waals surface area contributed by atoms with E-state index >= 15 is 0 Å². The number of fused-ring (bicyclic) bond motifs is 1. The van der Waals surface area contributed by atoms with Gasteiger partial charge in [-0.05, 0) is 18.9 Å². The summed E-state index contributed by atoms with van der Waals surface area (Å²) >= 11 is 0. The number of hydrogen-bond acceptors (Lipinski definition) is 4. The smallest absolute Gasteiger partial charge is 0.152 e. The molecule has 5 heteroatoms. The summed E-state index contributed by atoms with van der Waals surface area (Å²) < 4.78 is 7.08. The molecule has 2 aromatic rings. The molecule has 1 unspecified atom stereocenters. The topological polar surface area (TPSA) is 51.5 Å². The zero-order valence-corrected chi connectivity index (χ0v) is 11.3. The number of nitrogens with one attached hydrogen (secondary N) is 1. The molecule has 18 heavy (non-hydrogen) atoms. The highest BCUT2D eigenvalue weighted by Gasteiger charge is 2.10. The largest absolute Gasteiger partial charge is 0.380 e. The molecule has 2 rings (SSSR count). The van der Waals surface area contributed by atoms with Crippen molar-refractivity contribution in [3.8, 4) is 0 Å². The molecule has 0 aromatic carbocycles. The number of nitrogens with zero attached hydrogens (tertiary/aromatic N) is 3. The minimum Gasteiger partial charge on any atom is -0.380 e. The average Bonchev–Trinajstić information content (AvgIpc) is 2.80. The van der Waals surface area contributed by atoms with Crippen LogP contribution in [0.25, 0.3) is 5.52 Å². The fourth-order valence-electron chi connectivity index (χ4n) is 1.68. The van der Waals surface area contributed by atoms with Crippen LogP contribution in [0.1, 0.15) is 32.4 Å². The summed E-state index contributed by atoms with van der Waals surface area (Å²) in [5.74, 6) is 1.26. The second kappa shape index (κ2) is 5.35. The van der Waals surface area contributed by atoms with E-state index in [1.165, 1.54) is 0 Å². The Kier molecular flexibility index (Phi) is 3.81. The van der Waals surface area contributed by atoms with Crippen LogP contribution in [0.15, 0.2) is 18.5 Å². The molecule has 2 heterocycles. The Morgan fingerprint density at radius 3 is 2.83 bits per heavy atom. The Hall–Kier alpha value is -1.62. The Morgan fingerprint density at radius 1 is 1.39 bits per heavy atom. The van der Waals surface area contributed by atoms with Gasteiger partial charge in [-0.1, -0.05) is 13.8 Å². The lowest BCUT2D eigenvalue weighted by molar-refractivity contribution is 0.128. The predicted molar refractivity (Wildman–Crippen MR) is 72.0 cm³/mol. The Labute approximate surface area is 107 Å². The lowest BCUT2D eigenvalue weighted by Crippen LogP contribution is -2.19. The van der Waals surface area contributed by atoms with E-state index in [4.69, 9.17) is 4.74 Å². The van der Waals surface area contributed by atoms with Gasteiger partial charge in [0.25, 0.3) is 0 Å². The minimum atomic E-state index is 0.152. The Morgan fingerprint density at radius 2 is 2.17 bits per heavy atom. The van der Waals surface area contributed by atoms with Crippen molar-refractivity contribution in [3.63, 3.8) is 0 Å². The van der Waals surface area contributed by atoms with Crippen LogP contribution >= 0.6 is 0 Å². The summed E-state index contributed by atoms with van der Waals surface area (Å²) in [6, 6.07) is 2.08. The summed E-state index contributed by atoms with van der Waals surface area (Å²) in [6.07, 6.45) is 3.77. The first kappa shape index (κ1) is 12.8. The summed E-state index contributed by atoms with van der Waals surface area (Å²) in [4.78, 5) is 4.36. The first-order chi connectivity index (χ1) is 8.61. The zero-order chi connectivity index (χ0) is 13.1. The maximum absolute atomic E-state index is 5.21.